The Morgan fingerprint density at radius 3 is 2.89 bits per heavy atom. The molecule has 0 radical (unpaired) electrons. The van der Waals surface area contributed by atoms with E-state index in [1.54, 1.807) is 7.05 Å². The fraction of sp³-hybridized carbons (Fsp3) is 0.462. The van der Waals surface area contributed by atoms with Gasteiger partial charge >= 0.3 is 0 Å². The standard InChI is InChI=1S/C13H18N2O3/c1-13(2,14-3)12(16)15-7-9-5-4-6-10-11(9)18-8-17-10/h4-6,14H,7-8H2,1-3H3,(H,15,16). The number of para-hydroxylation sites is 1. The van der Waals surface area contributed by atoms with Gasteiger partial charge in [-0.2, -0.15) is 0 Å². The van der Waals surface area contributed by atoms with Gasteiger partial charge in [0.2, 0.25) is 12.7 Å². The lowest BCUT2D eigenvalue weighted by Crippen LogP contribution is -2.50. The third-order valence-electron chi connectivity index (χ3n) is 3.11. The first kappa shape index (κ1) is 12.7. The molecule has 1 aromatic carbocycles. The Labute approximate surface area is 106 Å². The van der Waals surface area contributed by atoms with Crippen molar-refractivity contribution >= 4 is 5.91 Å². The van der Waals surface area contributed by atoms with E-state index in [4.69, 9.17) is 9.47 Å². The third kappa shape index (κ3) is 2.41. The van der Waals surface area contributed by atoms with E-state index in [2.05, 4.69) is 10.6 Å². The molecule has 1 heterocycles. The average Bonchev–Trinajstić information content (AvgIpc) is 2.84. The van der Waals surface area contributed by atoms with Gasteiger partial charge in [-0.05, 0) is 27.0 Å². The van der Waals surface area contributed by atoms with Gasteiger partial charge in [-0.3, -0.25) is 4.79 Å². The maximum Gasteiger partial charge on any atom is 0.239 e. The number of ether oxygens (including phenoxy) is 2. The lowest BCUT2D eigenvalue weighted by atomic mass is 10.0. The molecule has 5 nitrogen and oxygen atoms in total. The van der Waals surface area contributed by atoms with Crippen molar-refractivity contribution in [3.63, 3.8) is 0 Å². The van der Waals surface area contributed by atoms with Crippen LogP contribution in [0.5, 0.6) is 11.5 Å². The van der Waals surface area contributed by atoms with Crippen molar-refractivity contribution in [3.05, 3.63) is 23.8 Å². The van der Waals surface area contributed by atoms with Crippen molar-refractivity contribution < 1.29 is 14.3 Å². The number of likely N-dealkylation sites (N-methyl/N-ethyl adjacent to an activating group) is 1. The van der Waals surface area contributed by atoms with E-state index in [1.165, 1.54) is 0 Å². The Morgan fingerprint density at radius 1 is 1.39 bits per heavy atom. The summed E-state index contributed by atoms with van der Waals surface area (Å²) in [5.74, 6) is 1.40. The number of carbonyl (C=O) groups excluding carboxylic acids is 1. The van der Waals surface area contributed by atoms with Gasteiger partial charge in [0.1, 0.15) is 0 Å². The minimum atomic E-state index is -0.588. The molecule has 2 N–H and O–H groups in total. The number of amides is 1. The van der Waals surface area contributed by atoms with Crippen LogP contribution in [-0.4, -0.2) is 25.3 Å². The highest BCUT2D eigenvalue weighted by atomic mass is 16.7. The monoisotopic (exact) mass is 250 g/mol. The number of fused-ring (bicyclic) bond motifs is 1. The quantitative estimate of drug-likeness (QED) is 0.838. The second kappa shape index (κ2) is 4.86. The van der Waals surface area contributed by atoms with E-state index < -0.39 is 5.54 Å². The molecule has 18 heavy (non-hydrogen) atoms. The molecule has 0 atom stereocenters. The molecule has 0 unspecified atom stereocenters. The van der Waals surface area contributed by atoms with Crippen molar-refractivity contribution in [2.24, 2.45) is 0 Å². The summed E-state index contributed by atoms with van der Waals surface area (Å²) < 4.78 is 10.7. The zero-order chi connectivity index (χ0) is 13.2. The van der Waals surface area contributed by atoms with E-state index in [9.17, 15) is 4.79 Å². The zero-order valence-corrected chi connectivity index (χ0v) is 10.9. The number of carbonyl (C=O) groups is 1. The highest BCUT2D eigenvalue weighted by Crippen LogP contribution is 2.35. The molecule has 0 fully saturated rings. The summed E-state index contributed by atoms with van der Waals surface area (Å²) in [4.78, 5) is 11.9. The molecule has 0 aromatic heterocycles. The van der Waals surface area contributed by atoms with Gasteiger partial charge in [-0.1, -0.05) is 12.1 Å². The minimum Gasteiger partial charge on any atom is -0.454 e. The molecule has 1 aliphatic rings. The van der Waals surface area contributed by atoms with Crippen LogP contribution in [0.4, 0.5) is 0 Å². The Kier molecular flexibility index (Phi) is 3.43. The second-order valence-corrected chi connectivity index (χ2v) is 4.71. The summed E-state index contributed by atoms with van der Waals surface area (Å²) >= 11 is 0. The summed E-state index contributed by atoms with van der Waals surface area (Å²) in [6.45, 7) is 4.33. The lowest BCUT2D eigenvalue weighted by molar-refractivity contribution is -0.126. The number of hydrogen-bond donors (Lipinski definition) is 2. The van der Waals surface area contributed by atoms with Crippen molar-refractivity contribution in [3.8, 4) is 11.5 Å². The Balaban J connectivity index is 2.04. The SMILES string of the molecule is CNC(C)(C)C(=O)NCc1cccc2c1OCO2. The molecule has 98 valence electrons. The van der Waals surface area contributed by atoms with Crippen molar-refractivity contribution in [2.45, 2.75) is 25.9 Å². The molecule has 0 spiro atoms. The molecule has 2 rings (SSSR count). The molecule has 5 heteroatoms. The first-order chi connectivity index (χ1) is 8.54. The molecule has 0 aliphatic carbocycles. The van der Waals surface area contributed by atoms with Crippen LogP contribution in [0.2, 0.25) is 0 Å². The number of benzene rings is 1. The van der Waals surface area contributed by atoms with Gasteiger partial charge in [-0.25, -0.2) is 0 Å². The van der Waals surface area contributed by atoms with Crippen LogP contribution >= 0.6 is 0 Å². The first-order valence-corrected chi connectivity index (χ1v) is 5.89. The Bertz CT molecular complexity index is 458. The summed E-state index contributed by atoms with van der Waals surface area (Å²) in [6, 6.07) is 5.66. The highest BCUT2D eigenvalue weighted by Gasteiger charge is 2.25. The van der Waals surface area contributed by atoms with Crippen molar-refractivity contribution in [1.29, 1.82) is 0 Å². The predicted molar refractivity (Wildman–Crippen MR) is 67.6 cm³/mol. The average molecular weight is 250 g/mol. The van der Waals surface area contributed by atoms with Crippen LogP contribution in [0.15, 0.2) is 18.2 Å². The van der Waals surface area contributed by atoms with Gasteiger partial charge in [-0.15, -0.1) is 0 Å². The van der Waals surface area contributed by atoms with Gasteiger partial charge in [0.25, 0.3) is 0 Å². The Hall–Kier alpha value is -1.75. The number of hydrogen-bond acceptors (Lipinski definition) is 4. The van der Waals surface area contributed by atoms with E-state index in [0.29, 0.717) is 6.54 Å². The van der Waals surface area contributed by atoms with Crippen LogP contribution in [0.1, 0.15) is 19.4 Å². The largest absolute Gasteiger partial charge is 0.454 e. The Morgan fingerprint density at radius 2 is 2.17 bits per heavy atom. The molecule has 0 saturated carbocycles. The first-order valence-electron chi connectivity index (χ1n) is 5.89. The van der Waals surface area contributed by atoms with Gasteiger partial charge in [0, 0.05) is 12.1 Å². The smallest absolute Gasteiger partial charge is 0.239 e. The number of nitrogens with one attached hydrogen (secondary N) is 2. The molecule has 1 amide bonds. The van der Waals surface area contributed by atoms with E-state index in [-0.39, 0.29) is 12.7 Å². The topological polar surface area (TPSA) is 59.6 Å². The fourth-order valence-electron chi connectivity index (χ4n) is 1.64. The van der Waals surface area contributed by atoms with Crippen LogP contribution in [-0.2, 0) is 11.3 Å². The predicted octanol–water partition coefficient (Wildman–Crippen LogP) is 1.03. The lowest BCUT2D eigenvalue weighted by Gasteiger charge is -2.22. The molecule has 1 aliphatic heterocycles. The van der Waals surface area contributed by atoms with E-state index in [0.717, 1.165) is 17.1 Å². The normalized spacial score (nSPS) is 13.5. The van der Waals surface area contributed by atoms with Crippen LogP contribution < -0.4 is 20.1 Å². The van der Waals surface area contributed by atoms with E-state index in [1.807, 2.05) is 32.0 Å². The molecule has 0 bridgehead atoms. The minimum absolute atomic E-state index is 0.0541. The maximum absolute atomic E-state index is 11.9. The maximum atomic E-state index is 11.9. The molecular formula is C13H18N2O3. The van der Waals surface area contributed by atoms with Gasteiger partial charge in [0.15, 0.2) is 11.5 Å². The van der Waals surface area contributed by atoms with E-state index >= 15 is 0 Å². The number of rotatable bonds is 4. The molecular weight excluding hydrogens is 232 g/mol. The summed E-state index contributed by atoms with van der Waals surface area (Å²) in [5, 5.41) is 5.84. The van der Waals surface area contributed by atoms with Gasteiger partial charge in [0.05, 0.1) is 5.54 Å². The van der Waals surface area contributed by atoms with Gasteiger partial charge < -0.3 is 20.1 Å². The highest BCUT2D eigenvalue weighted by molar-refractivity contribution is 5.85. The fourth-order valence-corrected chi connectivity index (χ4v) is 1.64. The third-order valence-corrected chi connectivity index (χ3v) is 3.11. The van der Waals surface area contributed by atoms with Crippen LogP contribution in [0.25, 0.3) is 0 Å². The molecule has 1 aromatic rings. The van der Waals surface area contributed by atoms with Crippen molar-refractivity contribution in [2.75, 3.05) is 13.8 Å². The summed E-state index contributed by atoms with van der Waals surface area (Å²) in [6.07, 6.45) is 0. The van der Waals surface area contributed by atoms with Crippen LogP contribution in [0.3, 0.4) is 0 Å². The van der Waals surface area contributed by atoms with Crippen molar-refractivity contribution in [1.82, 2.24) is 10.6 Å². The molecule has 0 saturated heterocycles. The summed E-state index contributed by atoms with van der Waals surface area (Å²) in [5.41, 5.74) is 0.334. The summed E-state index contributed by atoms with van der Waals surface area (Å²) in [7, 11) is 1.76. The second-order valence-electron chi connectivity index (χ2n) is 4.71. The van der Waals surface area contributed by atoms with Crippen LogP contribution in [0, 0.1) is 0 Å². The zero-order valence-electron chi connectivity index (χ0n) is 10.9.